The van der Waals surface area contributed by atoms with Gasteiger partial charge in [-0.3, -0.25) is 4.79 Å². The highest BCUT2D eigenvalue weighted by molar-refractivity contribution is 5.85. The quantitative estimate of drug-likeness (QED) is 0.821. The second-order valence-electron chi connectivity index (χ2n) is 4.87. The third-order valence-electron chi connectivity index (χ3n) is 3.54. The van der Waals surface area contributed by atoms with Crippen molar-refractivity contribution in [3.8, 4) is 5.75 Å². The number of hydrogen-bond acceptors (Lipinski definition) is 4. The van der Waals surface area contributed by atoms with Crippen molar-refractivity contribution in [1.29, 1.82) is 0 Å². The number of para-hydroxylation sites is 1. The first-order valence-electron chi connectivity index (χ1n) is 6.65. The van der Waals surface area contributed by atoms with Crippen LogP contribution in [0.25, 0.3) is 0 Å². The second kappa shape index (κ2) is 5.59. The smallest absolute Gasteiger partial charge is 0.231 e. The Hall–Kier alpha value is -1.59. The molecular weight excluding hydrogens is 244 g/mol. The van der Waals surface area contributed by atoms with Crippen LogP contribution >= 0.6 is 0 Å². The standard InChI is InChI=1S/C14H18N2O3/c17-14(16-7-10-8-18-6-5-15-10)12-9-19-13-4-2-1-3-11(12)13/h1-4,10,12,15H,5-9H2,(H,16,17). The molecule has 2 atom stereocenters. The number of nitrogens with one attached hydrogen (secondary N) is 2. The summed E-state index contributed by atoms with van der Waals surface area (Å²) in [5.74, 6) is 0.653. The molecule has 0 spiro atoms. The Bertz CT molecular complexity index is 458. The number of ether oxygens (including phenoxy) is 2. The molecule has 0 saturated carbocycles. The molecule has 1 amide bonds. The van der Waals surface area contributed by atoms with E-state index in [-0.39, 0.29) is 17.9 Å². The first kappa shape index (κ1) is 12.4. The lowest BCUT2D eigenvalue weighted by molar-refractivity contribution is -0.123. The average molecular weight is 262 g/mol. The summed E-state index contributed by atoms with van der Waals surface area (Å²) in [7, 11) is 0. The molecule has 2 aliphatic heterocycles. The number of rotatable bonds is 3. The minimum absolute atomic E-state index is 0.0253. The van der Waals surface area contributed by atoms with Gasteiger partial charge < -0.3 is 20.1 Å². The van der Waals surface area contributed by atoms with Crippen molar-refractivity contribution in [3.63, 3.8) is 0 Å². The Kier molecular flexibility index (Phi) is 3.66. The van der Waals surface area contributed by atoms with Gasteiger partial charge in [0.2, 0.25) is 5.91 Å². The lowest BCUT2D eigenvalue weighted by atomic mass is 10.0. The van der Waals surface area contributed by atoms with Gasteiger partial charge in [0.1, 0.15) is 18.3 Å². The fraction of sp³-hybridized carbons (Fsp3) is 0.500. The maximum Gasteiger partial charge on any atom is 0.231 e. The van der Waals surface area contributed by atoms with Crippen LogP contribution in [0.4, 0.5) is 0 Å². The first-order chi connectivity index (χ1) is 9.34. The summed E-state index contributed by atoms with van der Waals surface area (Å²) in [4.78, 5) is 12.2. The van der Waals surface area contributed by atoms with Crippen LogP contribution < -0.4 is 15.4 Å². The highest BCUT2D eigenvalue weighted by Gasteiger charge is 2.30. The van der Waals surface area contributed by atoms with Crippen molar-refractivity contribution in [2.45, 2.75) is 12.0 Å². The minimum Gasteiger partial charge on any atom is -0.492 e. The normalized spacial score (nSPS) is 25.5. The van der Waals surface area contributed by atoms with Crippen LogP contribution in [0.5, 0.6) is 5.75 Å². The molecule has 0 aromatic heterocycles. The highest BCUT2D eigenvalue weighted by atomic mass is 16.5. The number of carbonyl (C=O) groups is 1. The van der Waals surface area contributed by atoms with E-state index in [0.29, 0.717) is 19.8 Å². The van der Waals surface area contributed by atoms with Crippen LogP contribution in [0.1, 0.15) is 11.5 Å². The monoisotopic (exact) mass is 262 g/mol. The molecule has 0 radical (unpaired) electrons. The number of benzene rings is 1. The average Bonchev–Trinajstić information content (AvgIpc) is 2.90. The largest absolute Gasteiger partial charge is 0.492 e. The van der Waals surface area contributed by atoms with Crippen molar-refractivity contribution in [1.82, 2.24) is 10.6 Å². The second-order valence-corrected chi connectivity index (χ2v) is 4.87. The molecule has 3 rings (SSSR count). The van der Waals surface area contributed by atoms with E-state index < -0.39 is 0 Å². The molecule has 2 aliphatic rings. The molecule has 1 aromatic rings. The van der Waals surface area contributed by atoms with Crippen LogP contribution in [0.3, 0.4) is 0 Å². The van der Waals surface area contributed by atoms with E-state index in [2.05, 4.69) is 10.6 Å². The predicted octanol–water partition coefficient (Wildman–Crippen LogP) is 0.267. The number of fused-ring (bicyclic) bond motifs is 1. The van der Waals surface area contributed by atoms with Gasteiger partial charge in [-0.05, 0) is 6.07 Å². The van der Waals surface area contributed by atoms with Crippen molar-refractivity contribution < 1.29 is 14.3 Å². The molecule has 1 saturated heterocycles. The van der Waals surface area contributed by atoms with Crippen molar-refractivity contribution in [2.24, 2.45) is 0 Å². The van der Waals surface area contributed by atoms with Gasteiger partial charge in [0.05, 0.1) is 13.2 Å². The Morgan fingerprint density at radius 1 is 1.37 bits per heavy atom. The van der Waals surface area contributed by atoms with Gasteiger partial charge >= 0.3 is 0 Å². The molecule has 2 unspecified atom stereocenters. The van der Waals surface area contributed by atoms with E-state index in [1.165, 1.54) is 0 Å². The summed E-state index contributed by atoms with van der Waals surface area (Å²) in [5, 5.41) is 6.29. The summed E-state index contributed by atoms with van der Waals surface area (Å²) in [6.45, 7) is 3.26. The van der Waals surface area contributed by atoms with E-state index >= 15 is 0 Å². The molecule has 2 heterocycles. The van der Waals surface area contributed by atoms with Gasteiger partial charge in [-0.2, -0.15) is 0 Å². The zero-order chi connectivity index (χ0) is 13.1. The minimum atomic E-state index is -0.194. The van der Waals surface area contributed by atoms with Crippen molar-refractivity contribution in [2.75, 3.05) is 32.9 Å². The van der Waals surface area contributed by atoms with Gasteiger partial charge in [0.15, 0.2) is 0 Å². The molecule has 19 heavy (non-hydrogen) atoms. The highest BCUT2D eigenvalue weighted by Crippen LogP contribution is 2.33. The molecule has 0 aliphatic carbocycles. The topological polar surface area (TPSA) is 59.6 Å². The van der Waals surface area contributed by atoms with E-state index in [0.717, 1.165) is 24.5 Å². The Morgan fingerprint density at radius 2 is 2.26 bits per heavy atom. The Balaban J connectivity index is 1.56. The van der Waals surface area contributed by atoms with Crippen molar-refractivity contribution in [3.05, 3.63) is 29.8 Å². The summed E-state index contributed by atoms with van der Waals surface area (Å²) in [6.07, 6.45) is 0. The fourth-order valence-corrected chi connectivity index (χ4v) is 2.48. The maximum atomic E-state index is 12.2. The molecular formula is C14H18N2O3. The molecule has 1 fully saturated rings. The van der Waals surface area contributed by atoms with E-state index in [9.17, 15) is 4.79 Å². The van der Waals surface area contributed by atoms with Gasteiger partial charge in [0, 0.05) is 24.7 Å². The SMILES string of the molecule is O=C(NCC1COCCN1)C1COc2ccccc21. The summed E-state index contributed by atoms with van der Waals surface area (Å²) in [5.41, 5.74) is 0.979. The molecule has 0 bridgehead atoms. The van der Waals surface area contributed by atoms with E-state index in [4.69, 9.17) is 9.47 Å². The van der Waals surface area contributed by atoms with Crippen LogP contribution in [0, 0.1) is 0 Å². The molecule has 5 nitrogen and oxygen atoms in total. The van der Waals surface area contributed by atoms with Gasteiger partial charge in [-0.15, -0.1) is 0 Å². The number of amides is 1. The van der Waals surface area contributed by atoms with Crippen molar-refractivity contribution >= 4 is 5.91 Å². The summed E-state index contributed by atoms with van der Waals surface area (Å²) >= 11 is 0. The number of carbonyl (C=O) groups excluding carboxylic acids is 1. The zero-order valence-corrected chi connectivity index (χ0v) is 10.7. The molecule has 102 valence electrons. The van der Waals surface area contributed by atoms with Crippen LogP contribution in [0.15, 0.2) is 24.3 Å². The lowest BCUT2D eigenvalue weighted by Crippen LogP contribution is -2.49. The van der Waals surface area contributed by atoms with Crippen LogP contribution in [0.2, 0.25) is 0 Å². The number of morpholine rings is 1. The summed E-state index contributed by atoms with van der Waals surface area (Å²) < 4.78 is 10.9. The third-order valence-corrected chi connectivity index (χ3v) is 3.54. The molecule has 2 N–H and O–H groups in total. The Morgan fingerprint density at radius 3 is 3.11 bits per heavy atom. The van der Waals surface area contributed by atoms with Crippen LogP contribution in [-0.4, -0.2) is 44.9 Å². The maximum absolute atomic E-state index is 12.2. The van der Waals surface area contributed by atoms with Crippen LogP contribution in [-0.2, 0) is 9.53 Å². The lowest BCUT2D eigenvalue weighted by Gasteiger charge is -2.24. The van der Waals surface area contributed by atoms with Gasteiger partial charge in [-0.1, -0.05) is 18.2 Å². The zero-order valence-electron chi connectivity index (χ0n) is 10.7. The third kappa shape index (κ3) is 2.72. The molecule has 5 heteroatoms. The van der Waals surface area contributed by atoms with E-state index in [1.54, 1.807) is 0 Å². The first-order valence-corrected chi connectivity index (χ1v) is 6.65. The summed E-state index contributed by atoms with van der Waals surface area (Å²) in [6, 6.07) is 7.91. The van der Waals surface area contributed by atoms with Gasteiger partial charge in [-0.25, -0.2) is 0 Å². The number of hydrogen-bond donors (Lipinski definition) is 2. The molecule has 1 aromatic carbocycles. The van der Waals surface area contributed by atoms with E-state index in [1.807, 2.05) is 24.3 Å². The van der Waals surface area contributed by atoms with Gasteiger partial charge in [0.25, 0.3) is 0 Å². The predicted molar refractivity (Wildman–Crippen MR) is 70.3 cm³/mol. The Labute approximate surface area is 112 Å². The fourth-order valence-electron chi connectivity index (χ4n) is 2.48.